The van der Waals surface area contributed by atoms with Gasteiger partial charge in [-0.05, 0) is 31.2 Å². The number of hydrogen-bond acceptors (Lipinski definition) is 10. The molecule has 0 amide bonds. The third-order valence-corrected chi connectivity index (χ3v) is 5.86. The first-order valence-corrected chi connectivity index (χ1v) is 10.1. The largest absolute Gasteiger partial charge is 1.00 e. The van der Waals surface area contributed by atoms with Crippen LogP contribution < -0.4 is 49.9 Å². The maximum Gasteiger partial charge on any atom is 1.00 e. The molecule has 0 atom stereocenters. The number of hydrazine groups is 1. The summed E-state index contributed by atoms with van der Waals surface area (Å²) in [6, 6.07) is 7.21. The summed E-state index contributed by atoms with van der Waals surface area (Å²) in [4.78, 5) is 21.9. The molecule has 0 unspecified atom stereocenters. The number of ether oxygens (including phenoxy) is 1. The number of methoxy groups -OCH3 is 1. The maximum atomic E-state index is 12.4. The summed E-state index contributed by atoms with van der Waals surface area (Å²) in [6.07, 6.45) is 1.36. The fourth-order valence-corrected chi connectivity index (χ4v) is 3.43. The van der Waals surface area contributed by atoms with E-state index in [1.165, 1.54) is 57.8 Å². The van der Waals surface area contributed by atoms with E-state index in [1.807, 2.05) is 0 Å². The van der Waals surface area contributed by atoms with E-state index in [-0.39, 0.29) is 57.3 Å². The van der Waals surface area contributed by atoms with Crippen molar-refractivity contribution in [2.45, 2.75) is 11.8 Å². The zero-order valence-corrected chi connectivity index (χ0v) is 20.9. The van der Waals surface area contributed by atoms with Crippen LogP contribution in [-0.2, 0) is 10.0 Å². The molecule has 0 spiro atoms. The quantitative estimate of drug-likeness (QED) is 0.189. The Labute approximate surface area is 206 Å². The summed E-state index contributed by atoms with van der Waals surface area (Å²) in [5.74, 6) is -1.52. The number of hydrogen-bond donors (Lipinski definition) is 1. The van der Waals surface area contributed by atoms with E-state index in [4.69, 9.17) is 4.74 Å². The summed E-state index contributed by atoms with van der Waals surface area (Å²) in [6.45, 7) is 1.57. The van der Waals surface area contributed by atoms with Gasteiger partial charge in [0.1, 0.15) is 0 Å². The van der Waals surface area contributed by atoms with Gasteiger partial charge in [0.2, 0.25) is 10.0 Å². The minimum absolute atomic E-state index is 0. The van der Waals surface area contributed by atoms with Gasteiger partial charge in [0, 0.05) is 31.9 Å². The fraction of sp³-hybridized carbons (Fsp3) is 0.222. The molecule has 14 heteroatoms. The van der Waals surface area contributed by atoms with E-state index in [9.17, 15) is 28.4 Å². The van der Waals surface area contributed by atoms with Gasteiger partial charge < -0.3 is 14.6 Å². The number of nitro groups is 1. The van der Waals surface area contributed by atoms with Gasteiger partial charge >= 0.3 is 29.6 Å². The van der Waals surface area contributed by atoms with Crippen LogP contribution in [0, 0.1) is 10.1 Å². The first-order chi connectivity index (χ1) is 14.5. The monoisotopic (exact) mass is 473 g/mol. The molecule has 0 radical (unpaired) electrons. The maximum absolute atomic E-state index is 12.4. The van der Waals surface area contributed by atoms with Crippen LogP contribution in [0.3, 0.4) is 0 Å². The molecular weight excluding hydrogens is 453 g/mol. The fourth-order valence-electron chi connectivity index (χ4n) is 2.50. The van der Waals surface area contributed by atoms with E-state index < -0.39 is 26.5 Å². The molecule has 166 valence electrons. The molecule has 32 heavy (non-hydrogen) atoms. The molecule has 1 N–H and O–H groups in total. The molecular formula is C18H20N5NaO7S. The standard InChI is InChI=1S/C18H21N5O7S.Na/c1-5-19-22(20-15-8-6-12(23(26)27)10-17(15)30-4)16-9-7-13(11-14(16)18(24)25)31(28,29)21(2)3;/h5-11,20H,1-4H3,(H,24,25);/q;+1/p-1. The number of nitrogens with zero attached hydrogens (tertiary/aromatic N) is 4. The topological polar surface area (TPSA) is 158 Å². The summed E-state index contributed by atoms with van der Waals surface area (Å²) >= 11 is 0. The third-order valence-electron chi connectivity index (χ3n) is 4.05. The number of sulfonamides is 1. The molecule has 0 heterocycles. The van der Waals surface area contributed by atoms with Crippen molar-refractivity contribution in [1.82, 2.24) is 4.31 Å². The predicted octanol–water partition coefficient (Wildman–Crippen LogP) is -1.94. The van der Waals surface area contributed by atoms with Gasteiger partial charge in [-0.3, -0.25) is 15.5 Å². The van der Waals surface area contributed by atoms with Gasteiger partial charge in [-0.25, -0.2) is 12.7 Å². The summed E-state index contributed by atoms with van der Waals surface area (Å²) < 4.78 is 30.8. The van der Waals surface area contributed by atoms with Crippen LogP contribution in [0.4, 0.5) is 17.1 Å². The second-order valence-electron chi connectivity index (χ2n) is 6.19. The van der Waals surface area contributed by atoms with Crippen molar-refractivity contribution in [3.63, 3.8) is 0 Å². The second kappa shape index (κ2) is 11.2. The van der Waals surface area contributed by atoms with Crippen LogP contribution in [0.15, 0.2) is 46.4 Å². The smallest absolute Gasteiger partial charge is 0.545 e. The summed E-state index contributed by atoms with van der Waals surface area (Å²) in [7, 11) is 0.0566. The van der Waals surface area contributed by atoms with Gasteiger partial charge in [0.05, 0.1) is 40.3 Å². The Morgan fingerprint density at radius 3 is 2.38 bits per heavy atom. The number of carbonyl (C=O) groups is 1. The number of hydrazone groups is 1. The zero-order valence-electron chi connectivity index (χ0n) is 18.1. The van der Waals surface area contributed by atoms with E-state index in [2.05, 4.69) is 10.5 Å². The zero-order chi connectivity index (χ0) is 23.3. The normalized spacial score (nSPS) is 11.2. The molecule has 0 aliphatic heterocycles. The predicted molar refractivity (Wildman–Crippen MR) is 112 cm³/mol. The molecule has 0 aliphatic rings. The molecule has 2 rings (SSSR count). The Bertz CT molecular complexity index is 1140. The number of carbonyl (C=O) groups excluding carboxylic acids is 1. The number of rotatable bonds is 9. The van der Waals surface area contributed by atoms with Crippen molar-refractivity contribution in [2.24, 2.45) is 5.10 Å². The van der Waals surface area contributed by atoms with E-state index in [0.29, 0.717) is 0 Å². The van der Waals surface area contributed by atoms with Crippen molar-refractivity contribution in [1.29, 1.82) is 0 Å². The van der Waals surface area contributed by atoms with Gasteiger partial charge in [0.15, 0.2) is 5.75 Å². The Morgan fingerprint density at radius 1 is 1.22 bits per heavy atom. The number of non-ortho nitro benzene ring substituents is 1. The molecule has 2 aromatic carbocycles. The molecule has 0 saturated carbocycles. The van der Waals surface area contributed by atoms with Crippen molar-refractivity contribution >= 4 is 39.3 Å². The van der Waals surface area contributed by atoms with E-state index in [1.54, 1.807) is 6.92 Å². The molecule has 0 fully saturated rings. The number of nitrogens with one attached hydrogen (secondary N) is 1. The molecule has 12 nitrogen and oxygen atoms in total. The van der Waals surface area contributed by atoms with Crippen molar-refractivity contribution in [2.75, 3.05) is 31.7 Å². The van der Waals surface area contributed by atoms with Crippen LogP contribution in [0.1, 0.15) is 17.3 Å². The Kier molecular flexibility index (Phi) is 9.60. The van der Waals surface area contributed by atoms with Crippen LogP contribution in [0.25, 0.3) is 0 Å². The molecule has 2 aromatic rings. The summed E-state index contributed by atoms with van der Waals surface area (Å²) in [5.41, 5.74) is 2.36. The summed E-state index contributed by atoms with van der Waals surface area (Å²) in [5, 5.41) is 27.8. The van der Waals surface area contributed by atoms with Gasteiger partial charge in [-0.15, -0.1) is 0 Å². The SMILES string of the molecule is CC=NN(Nc1ccc([N+](=O)[O-])cc1OC)c1ccc(S(=O)(=O)N(C)C)cc1C(=O)[O-].[Na+]. The number of carboxylic acids is 1. The number of carboxylic acid groups (broad SMARTS) is 1. The number of benzene rings is 2. The van der Waals surface area contributed by atoms with Gasteiger partial charge in [-0.2, -0.15) is 10.2 Å². The first-order valence-electron chi connectivity index (χ1n) is 8.68. The third kappa shape index (κ3) is 5.95. The first kappa shape index (κ1) is 27.3. The van der Waals surface area contributed by atoms with Gasteiger partial charge in [-0.1, -0.05) is 0 Å². The van der Waals surface area contributed by atoms with Crippen molar-refractivity contribution in [3.05, 3.63) is 52.1 Å². The van der Waals surface area contributed by atoms with Crippen molar-refractivity contribution in [3.8, 4) is 5.75 Å². The number of nitro benzene ring substituents is 1. The average Bonchev–Trinajstić information content (AvgIpc) is 2.72. The van der Waals surface area contributed by atoms with E-state index >= 15 is 0 Å². The molecule has 0 aliphatic carbocycles. The van der Waals surface area contributed by atoms with Crippen LogP contribution in [0.2, 0.25) is 0 Å². The number of aromatic carboxylic acids is 1. The molecule has 0 saturated heterocycles. The van der Waals surface area contributed by atoms with E-state index in [0.717, 1.165) is 15.5 Å². The van der Waals surface area contributed by atoms with Gasteiger partial charge in [0.25, 0.3) is 5.69 Å². The van der Waals surface area contributed by atoms with Crippen LogP contribution >= 0.6 is 0 Å². The Morgan fingerprint density at radius 2 is 1.88 bits per heavy atom. The Balaban J connectivity index is 0.00000512. The Hall–Kier alpha value is -2.71. The van der Waals surface area contributed by atoms with Crippen LogP contribution in [-0.4, -0.2) is 51.0 Å². The minimum Gasteiger partial charge on any atom is -0.545 e. The van der Waals surface area contributed by atoms with Crippen LogP contribution in [0.5, 0.6) is 5.75 Å². The number of anilines is 2. The molecule has 0 bridgehead atoms. The molecule has 0 aromatic heterocycles. The second-order valence-corrected chi connectivity index (χ2v) is 8.34. The van der Waals surface area contributed by atoms with Crippen molar-refractivity contribution < 1.29 is 57.5 Å². The minimum atomic E-state index is -3.89. The average molecular weight is 473 g/mol.